The van der Waals surface area contributed by atoms with Crippen LogP contribution in [0.2, 0.25) is 0 Å². The van der Waals surface area contributed by atoms with Crippen LogP contribution in [0.4, 0.5) is 0 Å². The molecule has 82 valence electrons. The minimum Gasteiger partial charge on any atom is -0.267 e. The summed E-state index contributed by atoms with van der Waals surface area (Å²) in [5, 5.41) is 6.05. The van der Waals surface area contributed by atoms with E-state index in [4.69, 9.17) is 0 Å². The van der Waals surface area contributed by atoms with Gasteiger partial charge in [-0.05, 0) is 5.56 Å². The van der Waals surface area contributed by atoms with Crippen LogP contribution < -0.4 is 11.2 Å². The lowest BCUT2D eigenvalue weighted by molar-refractivity contribution is 0.698. The van der Waals surface area contributed by atoms with Gasteiger partial charge < -0.3 is 0 Å². The Morgan fingerprint density at radius 2 is 1.94 bits per heavy atom. The highest BCUT2D eigenvalue weighted by Crippen LogP contribution is 2.01. The summed E-state index contributed by atoms with van der Waals surface area (Å²) in [7, 11) is 1.43. The van der Waals surface area contributed by atoms with Crippen LogP contribution in [0.3, 0.4) is 0 Å². The first-order chi connectivity index (χ1) is 7.68. The fraction of sp³-hybridized carbons (Fsp3) is 0.182. The molecule has 1 heterocycles. The minimum atomic E-state index is -0.498. The van der Waals surface area contributed by atoms with Crippen molar-refractivity contribution in [2.45, 2.75) is 6.42 Å². The van der Waals surface area contributed by atoms with Gasteiger partial charge in [-0.25, -0.2) is 9.89 Å². The SMILES string of the molecule is Cn1c(=O)[nH]nc(Cc2ccccc2)c1=O. The Morgan fingerprint density at radius 3 is 2.62 bits per heavy atom. The lowest BCUT2D eigenvalue weighted by atomic mass is 10.1. The van der Waals surface area contributed by atoms with Crippen molar-refractivity contribution in [2.75, 3.05) is 0 Å². The maximum Gasteiger partial charge on any atom is 0.344 e. The highest BCUT2D eigenvalue weighted by molar-refractivity contribution is 5.19. The number of rotatable bonds is 2. The molecule has 5 nitrogen and oxygen atoms in total. The zero-order valence-corrected chi connectivity index (χ0v) is 8.80. The van der Waals surface area contributed by atoms with Crippen molar-refractivity contribution in [1.82, 2.24) is 14.8 Å². The molecule has 0 atom stereocenters. The Kier molecular flexibility index (Phi) is 2.68. The summed E-state index contributed by atoms with van der Waals surface area (Å²) in [6.07, 6.45) is 0.421. The van der Waals surface area contributed by atoms with E-state index in [2.05, 4.69) is 10.2 Å². The molecule has 0 unspecified atom stereocenters. The standard InChI is InChI=1S/C11H11N3O2/c1-14-10(15)9(12-13-11(14)16)7-8-5-3-2-4-6-8/h2-6H,7H2,1H3,(H,13,16). The average Bonchev–Trinajstić information content (AvgIpc) is 2.31. The third-order valence-corrected chi connectivity index (χ3v) is 2.36. The maximum atomic E-state index is 11.7. The second kappa shape index (κ2) is 4.14. The van der Waals surface area contributed by atoms with Gasteiger partial charge in [-0.2, -0.15) is 5.10 Å². The van der Waals surface area contributed by atoms with Gasteiger partial charge in [0.25, 0.3) is 5.56 Å². The number of aromatic nitrogens is 3. The van der Waals surface area contributed by atoms with E-state index in [-0.39, 0.29) is 5.56 Å². The largest absolute Gasteiger partial charge is 0.344 e. The van der Waals surface area contributed by atoms with E-state index in [1.54, 1.807) is 0 Å². The first kappa shape index (κ1) is 10.4. The van der Waals surface area contributed by atoms with E-state index >= 15 is 0 Å². The van der Waals surface area contributed by atoms with Crippen molar-refractivity contribution in [3.63, 3.8) is 0 Å². The van der Waals surface area contributed by atoms with Gasteiger partial charge in [0.15, 0.2) is 0 Å². The van der Waals surface area contributed by atoms with Crippen LogP contribution in [-0.2, 0) is 13.5 Å². The van der Waals surface area contributed by atoms with Gasteiger partial charge in [-0.15, -0.1) is 0 Å². The highest BCUT2D eigenvalue weighted by Gasteiger charge is 2.06. The summed E-state index contributed by atoms with van der Waals surface area (Å²) in [6, 6.07) is 9.51. The van der Waals surface area contributed by atoms with Crippen LogP contribution in [0, 0.1) is 0 Å². The van der Waals surface area contributed by atoms with Crippen LogP contribution in [0.15, 0.2) is 39.9 Å². The van der Waals surface area contributed by atoms with E-state index in [1.165, 1.54) is 7.05 Å². The van der Waals surface area contributed by atoms with Crippen molar-refractivity contribution in [1.29, 1.82) is 0 Å². The fourth-order valence-electron chi connectivity index (χ4n) is 1.43. The number of nitrogens with zero attached hydrogens (tertiary/aromatic N) is 2. The molecule has 0 spiro atoms. The Bertz CT molecular complexity index is 599. The molecule has 16 heavy (non-hydrogen) atoms. The Balaban J connectivity index is 2.41. The molecule has 0 aliphatic carbocycles. The molecule has 0 saturated carbocycles. The van der Waals surface area contributed by atoms with Crippen molar-refractivity contribution in [3.05, 3.63) is 62.4 Å². The zero-order chi connectivity index (χ0) is 11.5. The lowest BCUT2D eigenvalue weighted by Crippen LogP contribution is -2.36. The van der Waals surface area contributed by atoms with E-state index in [9.17, 15) is 9.59 Å². The molecule has 5 heteroatoms. The van der Waals surface area contributed by atoms with Crippen molar-refractivity contribution < 1.29 is 0 Å². The molecule has 0 amide bonds. The Labute approximate surface area is 91.4 Å². The Hall–Kier alpha value is -2.17. The van der Waals surface area contributed by atoms with Gasteiger partial charge >= 0.3 is 5.69 Å². The summed E-state index contributed by atoms with van der Waals surface area (Å²) in [4.78, 5) is 22.8. The van der Waals surface area contributed by atoms with Crippen molar-refractivity contribution >= 4 is 0 Å². The molecule has 2 aromatic rings. The van der Waals surface area contributed by atoms with Gasteiger partial charge in [0, 0.05) is 13.5 Å². The highest BCUT2D eigenvalue weighted by atomic mass is 16.2. The Morgan fingerprint density at radius 1 is 1.25 bits per heavy atom. The molecule has 1 N–H and O–H groups in total. The van der Waals surface area contributed by atoms with Crippen LogP contribution in [0.25, 0.3) is 0 Å². The monoisotopic (exact) mass is 217 g/mol. The predicted molar refractivity (Wildman–Crippen MR) is 59.3 cm³/mol. The van der Waals surface area contributed by atoms with Gasteiger partial charge in [0.2, 0.25) is 0 Å². The third kappa shape index (κ3) is 1.93. The fourth-order valence-corrected chi connectivity index (χ4v) is 1.43. The van der Waals surface area contributed by atoms with E-state index in [0.29, 0.717) is 12.1 Å². The van der Waals surface area contributed by atoms with E-state index in [0.717, 1.165) is 10.1 Å². The second-order valence-electron chi connectivity index (χ2n) is 3.50. The molecule has 1 aromatic carbocycles. The summed E-state index contributed by atoms with van der Waals surface area (Å²) >= 11 is 0. The maximum absolute atomic E-state index is 11.7. The normalized spacial score (nSPS) is 10.3. The molecule has 1 aromatic heterocycles. The minimum absolute atomic E-state index is 0.341. The molecule has 2 rings (SSSR count). The number of benzene rings is 1. The predicted octanol–water partition coefficient (Wildman–Crippen LogP) is 0.0594. The van der Waals surface area contributed by atoms with Gasteiger partial charge in [0.05, 0.1) is 0 Å². The molecule has 0 bridgehead atoms. The molecule has 0 aliphatic rings. The second-order valence-corrected chi connectivity index (χ2v) is 3.50. The summed E-state index contributed by atoms with van der Waals surface area (Å²) < 4.78 is 1.02. The number of nitrogens with one attached hydrogen (secondary N) is 1. The smallest absolute Gasteiger partial charge is 0.267 e. The lowest BCUT2D eigenvalue weighted by Gasteiger charge is -2.01. The summed E-state index contributed by atoms with van der Waals surface area (Å²) in [6.45, 7) is 0. The molecular weight excluding hydrogens is 206 g/mol. The van der Waals surface area contributed by atoms with Crippen LogP contribution in [0.5, 0.6) is 0 Å². The number of aromatic amines is 1. The quantitative estimate of drug-likeness (QED) is 0.773. The molecule has 0 fully saturated rings. The first-order valence-corrected chi connectivity index (χ1v) is 4.87. The number of hydrogen-bond donors (Lipinski definition) is 1. The third-order valence-electron chi connectivity index (χ3n) is 2.36. The van der Waals surface area contributed by atoms with Gasteiger partial charge in [0.1, 0.15) is 5.69 Å². The van der Waals surface area contributed by atoms with E-state index < -0.39 is 5.69 Å². The van der Waals surface area contributed by atoms with Crippen LogP contribution >= 0.6 is 0 Å². The average molecular weight is 217 g/mol. The van der Waals surface area contributed by atoms with Crippen LogP contribution in [-0.4, -0.2) is 14.8 Å². The number of hydrogen-bond acceptors (Lipinski definition) is 3. The zero-order valence-electron chi connectivity index (χ0n) is 8.80. The topological polar surface area (TPSA) is 67.8 Å². The van der Waals surface area contributed by atoms with E-state index in [1.807, 2.05) is 30.3 Å². The van der Waals surface area contributed by atoms with Crippen LogP contribution in [0.1, 0.15) is 11.3 Å². The summed E-state index contributed by atoms with van der Waals surface area (Å²) in [5.41, 5.74) is 0.474. The number of H-pyrrole nitrogens is 1. The van der Waals surface area contributed by atoms with Crippen molar-refractivity contribution in [3.8, 4) is 0 Å². The molecule has 0 aliphatic heterocycles. The molecule has 0 saturated heterocycles. The van der Waals surface area contributed by atoms with Gasteiger partial charge in [-0.1, -0.05) is 30.3 Å². The molecular formula is C11H11N3O2. The summed E-state index contributed by atoms with van der Waals surface area (Å²) in [5.74, 6) is 0. The van der Waals surface area contributed by atoms with Crippen molar-refractivity contribution in [2.24, 2.45) is 7.05 Å². The van der Waals surface area contributed by atoms with Gasteiger partial charge in [-0.3, -0.25) is 9.36 Å². The first-order valence-electron chi connectivity index (χ1n) is 4.87. The molecule has 0 radical (unpaired) electrons.